The van der Waals surface area contributed by atoms with Crippen molar-refractivity contribution in [1.29, 1.82) is 0 Å². The smallest absolute Gasteiger partial charge is 0.261 e. The van der Waals surface area contributed by atoms with Crippen LogP contribution in [0.2, 0.25) is 5.02 Å². The number of nitrogens with zero attached hydrogens (tertiary/aromatic N) is 1. The van der Waals surface area contributed by atoms with Gasteiger partial charge in [-0.25, -0.2) is 8.42 Å². The van der Waals surface area contributed by atoms with E-state index in [4.69, 9.17) is 21.1 Å². The van der Waals surface area contributed by atoms with Crippen LogP contribution < -0.4 is 14.4 Å². The van der Waals surface area contributed by atoms with Gasteiger partial charge in [-0.05, 0) is 49.4 Å². The van der Waals surface area contributed by atoms with Gasteiger partial charge >= 0.3 is 0 Å². The molecule has 2 aromatic carbocycles. The third-order valence-corrected chi connectivity index (χ3v) is 5.62. The molecule has 1 saturated heterocycles. The average Bonchev–Trinajstić information content (AvgIpc) is 2.63. The quantitative estimate of drug-likeness (QED) is 0.810. The van der Waals surface area contributed by atoms with Crippen molar-refractivity contribution < 1.29 is 17.9 Å². The van der Waals surface area contributed by atoms with Crippen molar-refractivity contribution in [2.45, 2.75) is 11.8 Å². The molecule has 140 valence electrons. The van der Waals surface area contributed by atoms with Crippen LogP contribution in [0.1, 0.15) is 6.92 Å². The summed E-state index contributed by atoms with van der Waals surface area (Å²) in [5.74, 6) is 0.628. The number of anilines is 2. The fourth-order valence-electron chi connectivity index (χ4n) is 2.76. The van der Waals surface area contributed by atoms with E-state index >= 15 is 0 Å². The zero-order valence-electron chi connectivity index (χ0n) is 14.4. The number of rotatable bonds is 6. The molecular formula is C18H21ClN2O4S. The highest BCUT2D eigenvalue weighted by atomic mass is 35.5. The summed E-state index contributed by atoms with van der Waals surface area (Å²) < 4.78 is 38.9. The fourth-order valence-corrected chi connectivity index (χ4v) is 3.99. The third-order valence-electron chi connectivity index (χ3n) is 4.00. The zero-order valence-corrected chi connectivity index (χ0v) is 16.0. The van der Waals surface area contributed by atoms with Crippen LogP contribution in [0.25, 0.3) is 0 Å². The normalized spacial score (nSPS) is 14.9. The molecule has 0 saturated carbocycles. The van der Waals surface area contributed by atoms with E-state index in [1.54, 1.807) is 24.3 Å². The Morgan fingerprint density at radius 2 is 1.85 bits per heavy atom. The second-order valence-corrected chi connectivity index (χ2v) is 7.89. The van der Waals surface area contributed by atoms with E-state index in [-0.39, 0.29) is 4.90 Å². The van der Waals surface area contributed by atoms with Crippen molar-refractivity contribution in [1.82, 2.24) is 0 Å². The van der Waals surface area contributed by atoms with E-state index in [9.17, 15) is 8.42 Å². The van der Waals surface area contributed by atoms with Crippen molar-refractivity contribution in [3.05, 3.63) is 47.5 Å². The van der Waals surface area contributed by atoms with Crippen molar-refractivity contribution in [3.8, 4) is 5.75 Å². The Bertz CT molecular complexity index is 850. The molecule has 2 aromatic rings. The monoisotopic (exact) mass is 396 g/mol. The van der Waals surface area contributed by atoms with Crippen LogP contribution in [-0.2, 0) is 14.8 Å². The van der Waals surface area contributed by atoms with Crippen molar-refractivity contribution in [2.24, 2.45) is 0 Å². The molecule has 0 unspecified atom stereocenters. The standard InChI is InChI=1S/C18H21ClN2O4S/c1-2-25-15-4-6-16(7-5-15)26(22,23)20-17-13-14(19)3-8-18(17)21-9-11-24-12-10-21/h3-8,13,20H,2,9-12H2,1H3. The minimum Gasteiger partial charge on any atom is -0.494 e. The Hall–Kier alpha value is -1.96. The maximum atomic E-state index is 12.8. The number of benzene rings is 2. The lowest BCUT2D eigenvalue weighted by atomic mass is 10.2. The van der Waals surface area contributed by atoms with Gasteiger partial charge in [0, 0.05) is 18.1 Å². The Labute approximate surface area is 158 Å². The molecule has 1 fully saturated rings. The zero-order chi connectivity index (χ0) is 18.6. The maximum absolute atomic E-state index is 12.8. The van der Waals surface area contributed by atoms with E-state index in [1.165, 1.54) is 12.1 Å². The van der Waals surface area contributed by atoms with E-state index in [0.717, 1.165) is 5.69 Å². The molecule has 3 rings (SSSR count). The number of hydrogen-bond donors (Lipinski definition) is 1. The maximum Gasteiger partial charge on any atom is 0.261 e. The Balaban J connectivity index is 1.87. The van der Waals surface area contributed by atoms with Gasteiger partial charge in [-0.3, -0.25) is 4.72 Å². The lowest BCUT2D eigenvalue weighted by molar-refractivity contribution is 0.123. The molecule has 1 aliphatic rings. The highest BCUT2D eigenvalue weighted by Gasteiger charge is 2.20. The molecule has 0 aromatic heterocycles. The molecular weight excluding hydrogens is 376 g/mol. The van der Waals surface area contributed by atoms with Crippen LogP contribution in [0.15, 0.2) is 47.4 Å². The van der Waals surface area contributed by atoms with Crippen LogP contribution >= 0.6 is 11.6 Å². The SMILES string of the molecule is CCOc1ccc(S(=O)(=O)Nc2cc(Cl)ccc2N2CCOCC2)cc1. The Morgan fingerprint density at radius 1 is 1.15 bits per heavy atom. The third kappa shape index (κ3) is 4.41. The van der Waals surface area contributed by atoms with Gasteiger partial charge in [0.05, 0.1) is 36.1 Å². The molecule has 1 aliphatic heterocycles. The molecule has 8 heteroatoms. The number of sulfonamides is 1. The molecule has 1 N–H and O–H groups in total. The van der Waals surface area contributed by atoms with Crippen LogP contribution in [-0.4, -0.2) is 41.3 Å². The van der Waals surface area contributed by atoms with E-state index < -0.39 is 10.0 Å². The number of hydrogen-bond acceptors (Lipinski definition) is 5. The highest BCUT2D eigenvalue weighted by molar-refractivity contribution is 7.92. The Morgan fingerprint density at radius 3 is 2.50 bits per heavy atom. The molecule has 0 aliphatic carbocycles. The topological polar surface area (TPSA) is 67.9 Å². The summed E-state index contributed by atoms with van der Waals surface area (Å²) in [6.45, 7) is 4.99. The molecule has 0 amide bonds. The number of morpholine rings is 1. The predicted molar refractivity (Wildman–Crippen MR) is 103 cm³/mol. The summed E-state index contributed by atoms with van der Waals surface area (Å²) in [5, 5.41) is 0.464. The van der Waals surface area contributed by atoms with E-state index in [1.807, 2.05) is 13.0 Å². The van der Waals surface area contributed by atoms with Gasteiger partial charge in [0.1, 0.15) is 5.75 Å². The minimum atomic E-state index is -3.75. The van der Waals surface area contributed by atoms with E-state index in [0.29, 0.717) is 49.4 Å². The number of halogens is 1. The van der Waals surface area contributed by atoms with Gasteiger partial charge in [0.25, 0.3) is 10.0 Å². The van der Waals surface area contributed by atoms with E-state index in [2.05, 4.69) is 9.62 Å². The first-order chi connectivity index (χ1) is 12.5. The summed E-state index contributed by atoms with van der Waals surface area (Å²) in [7, 11) is -3.75. The predicted octanol–water partition coefficient (Wildman–Crippen LogP) is 3.38. The molecule has 1 heterocycles. The van der Waals surface area contributed by atoms with Crippen molar-refractivity contribution in [2.75, 3.05) is 42.5 Å². The second-order valence-electron chi connectivity index (χ2n) is 5.77. The first-order valence-corrected chi connectivity index (χ1v) is 10.2. The lowest BCUT2D eigenvalue weighted by Gasteiger charge is -2.30. The van der Waals surface area contributed by atoms with Crippen LogP contribution in [0.5, 0.6) is 5.75 Å². The second kappa shape index (κ2) is 8.16. The van der Waals surface area contributed by atoms with Crippen LogP contribution in [0, 0.1) is 0 Å². The van der Waals surface area contributed by atoms with Crippen LogP contribution in [0.3, 0.4) is 0 Å². The van der Waals surface area contributed by atoms with Crippen LogP contribution in [0.4, 0.5) is 11.4 Å². The molecule has 0 atom stereocenters. The molecule has 26 heavy (non-hydrogen) atoms. The van der Waals surface area contributed by atoms with Gasteiger partial charge in [0.15, 0.2) is 0 Å². The van der Waals surface area contributed by atoms with Crippen molar-refractivity contribution >= 4 is 33.0 Å². The summed E-state index contributed by atoms with van der Waals surface area (Å²) >= 11 is 6.09. The summed E-state index contributed by atoms with van der Waals surface area (Å²) in [5.41, 5.74) is 1.24. The molecule has 0 radical (unpaired) electrons. The van der Waals surface area contributed by atoms with Crippen molar-refractivity contribution in [3.63, 3.8) is 0 Å². The van der Waals surface area contributed by atoms with Gasteiger partial charge in [-0.15, -0.1) is 0 Å². The average molecular weight is 397 g/mol. The first kappa shape index (κ1) is 18.8. The highest BCUT2D eigenvalue weighted by Crippen LogP contribution is 2.32. The van der Waals surface area contributed by atoms with Gasteiger partial charge in [0.2, 0.25) is 0 Å². The number of ether oxygens (including phenoxy) is 2. The van der Waals surface area contributed by atoms with Gasteiger partial charge in [-0.1, -0.05) is 11.6 Å². The number of nitrogens with one attached hydrogen (secondary N) is 1. The summed E-state index contributed by atoms with van der Waals surface area (Å²) in [4.78, 5) is 2.24. The molecule has 0 bridgehead atoms. The summed E-state index contributed by atoms with van der Waals surface area (Å²) in [6.07, 6.45) is 0. The Kier molecular flexibility index (Phi) is 5.90. The first-order valence-electron chi connectivity index (χ1n) is 8.37. The fraction of sp³-hybridized carbons (Fsp3) is 0.333. The minimum absolute atomic E-state index is 0.161. The van der Waals surface area contributed by atoms with Gasteiger partial charge in [-0.2, -0.15) is 0 Å². The molecule has 0 spiro atoms. The summed E-state index contributed by atoms with van der Waals surface area (Å²) in [6, 6.07) is 11.5. The lowest BCUT2D eigenvalue weighted by Crippen LogP contribution is -2.36. The van der Waals surface area contributed by atoms with Gasteiger partial charge < -0.3 is 14.4 Å². The molecule has 6 nitrogen and oxygen atoms in total. The largest absolute Gasteiger partial charge is 0.494 e.